The lowest BCUT2D eigenvalue weighted by molar-refractivity contribution is 0.357. The van der Waals surface area contributed by atoms with Gasteiger partial charge in [0.15, 0.2) is 0 Å². The van der Waals surface area contributed by atoms with Crippen molar-refractivity contribution < 1.29 is 0 Å². The molecule has 3 unspecified atom stereocenters. The van der Waals surface area contributed by atoms with E-state index in [1.807, 2.05) is 6.21 Å². The molecule has 0 spiro atoms. The average molecular weight is 235 g/mol. The normalized spacial score (nSPS) is 37.1. The molecule has 0 bridgehead atoms. The molecule has 0 aromatic rings. The highest BCUT2D eigenvalue weighted by molar-refractivity contribution is 5.56. The molecule has 1 saturated carbocycles. The van der Waals surface area contributed by atoms with Gasteiger partial charge in [-0.25, -0.2) is 0 Å². The first-order valence-corrected chi connectivity index (χ1v) is 7.16. The van der Waals surface area contributed by atoms with Crippen LogP contribution < -0.4 is 0 Å². The largest absolute Gasteiger partial charge is 0.293 e. The van der Waals surface area contributed by atoms with Crippen molar-refractivity contribution in [3.63, 3.8) is 0 Å². The summed E-state index contributed by atoms with van der Waals surface area (Å²) in [6, 6.07) is 0. The molecule has 1 aliphatic rings. The molecule has 1 rings (SSSR count). The van der Waals surface area contributed by atoms with Gasteiger partial charge in [0.05, 0.1) is 6.54 Å². The van der Waals surface area contributed by atoms with E-state index in [1.165, 1.54) is 19.3 Å². The summed E-state index contributed by atoms with van der Waals surface area (Å²) in [5.74, 6) is 0.881. The predicted molar refractivity (Wildman–Crippen MR) is 77.7 cm³/mol. The maximum atomic E-state index is 4.29. The van der Waals surface area contributed by atoms with Gasteiger partial charge in [-0.3, -0.25) is 4.99 Å². The number of hydrogen-bond acceptors (Lipinski definition) is 1. The summed E-state index contributed by atoms with van der Waals surface area (Å²) in [5, 5.41) is 0. The molecule has 1 aliphatic carbocycles. The first kappa shape index (κ1) is 14.5. The Hall–Kier alpha value is -0.590. The minimum Gasteiger partial charge on any atom is -0.293 e. The van der Waals surface area contributed by atoms with Crippen LogP contribution in [0.15, 0.2) is 17.1 Å². The standard InChI is InChI=1S/C16H29N/c1-6-12-17-13-10-8-9-11-16(5)14(3)15(16,4)7-2/h8,10,12,14H,6-7,9,11,13H2,1-5H3/b10-8+,17-12-. The molecule has 3 atom stereocenters. The highest BCUT2D eigenvalue weighted by Crippen LogP contribution is 2.72. The Labute approximate surface area is 107 Å². The van der Waals surface area contributed by atoms with Crippen molar-refractivity contribution in [1.82, 2.24) is 0 Å². The smallest absolute Gasteiger partial charge is 0.0566 e. The maximum absolute atomic E-state index is 4.29. The lowest BCUT2D eigenvalue weighted by atomic mass is 9.90. The minimum absolute atomic E-state index is 0.568. The molecule has 1 nitrogen and oxygen atoms in total. The van der Waals surface area contributed by atoms with Crippen LogP contribution in [0.4, 0.5) is 0 Å². The molecule has 0 N–H and O–H groups in total. The minimum atomic E-state index is 0.568. The van der Waals surface area contributed by atoms with Crippen LogP contribution in [0.1, 0.15) is 60.3 Å². The molecule has 1 fully saturated rings. The molecular formula is C16H29N. The van der Waals surface area contributed by atoms with Gasteiger partial charge in [0, 0.05) is 0 Å². The van der Waals surface area contributed by atoms with E-state index in [9.17, 15) is 0 Å². The fourth-order valence-electron chi connectivity index (χ4n) is 3.30. The van der Waals surface area contributed by atoms with E-state index in [0.717, 1.165) is 18.9 Å². The summed E-state index contributed by atoms with van der Waals surface area (Å²) in [6.45, 7) is 12.6. The van der Waals surface area contributed by atoms with Gasteiger partial charge in [-0.15, -0.1) is 0 Å². The lowest BCUT2D eigenvalue weighted by Gasteiger charge is -2.15. The Balaban J connectivity index is 2.26. The zero-order valence-electron chi connectivity index (χ0n) is 12.3. The van der Waals surface area contributed by atoms with Gasteiger partial charge in [-0.1, -0.05) is 46.8 Å². The topological polar surface area (TPSA) is 12.4 Å². The molecule has 0 aromatic carbocycles. The van der Waals surface area contributed by atoms with Crippen molar-refractivity contribution in [2.24, 2.45) is 21.7 Å². The molecule has 0 heterocycles. The molecule has 1 heteroatoms. The van der Waals surface area contributed by atoms with Crippen molar-refractivity contribution in [2.75, 3.05) is 6.54 Å². The van der Waals surface area contributed by atoms with E-state index < -0.39 is 0 Å². The average Bonchev–Trinajstić information content (AvgIpc) is 2.75. The second-order valence-corrected chi connectivity index (χ2v) is 5.88. The van der Waals surface area contributed by atoms with Crippen LogP contribution >= 0.6 is 0 Å². The summed E-state index contributed by atoms with van der Waals surface area (Å²) < 4.78 is 0. The third-order valence-corrected chi connectivity index (χ3v) is 5.39. The second kappa shape index (κ2) is 5.84. The first-order chi connectivity index (χ1) is 8.03. The Kier molecular flexibility index (Phi) is 4.97. The Bertz CT molecular complexity index is 292. The lowest BCUT2D eigenvalue weighted by Crippen LogP contribution is -2.05. The summed E-state index contributed by atoms with van der Waals surface area (Å²) in [5.41, 5.74) is 1.15. The first-order valence-electron chi connectivity index (χ1n) is 7.16. The molecule has 0 saturated heterocycles. The van der Waals surface area contributed by atoms with Crippen LogP contribution in [-0.4, -0.2) is 12.8 Å². The SMILES string of the molecule is CC/C=N\C/C=C/CCC1(C)C(C)C1(C)CC. The number of allylic oxidation sites excluding steroid dienone is 1. The number of nitrogens with zero attached hydrogens (tertiary/aromatic N) is 1. The highest BCUT2D eigenvalue weighted by Gasteiger charge is 2.65. The van der Waals surface area contributed by atoms with Crippen LogP contribution in [0.2, 0.25) is 0 Å². The molecule has 98 valence electrons. The van der Waals surface area contributed by atoms with Crippen molar-refractivity contribution in [3.8, 4) is 0 Å². The molecule has 0 aromatic heterocycles. The quantitative estimate of drug-likeness (QED) is 0.441. The summed E-state index contributed by atoms with van der Waals surface area (Å²) >= 11 is 0. The molecule has 0 aliphatic heterocycles. The van der Waals surface area contributed by atoms with E-state index >= 15 is 0 Å². The Morgan fingerprint density at radius 3 is 2.35 bits per heavy atom. The van der Waals surface area contributed by atoms with Crippen LogP contribution in [0.5, 0.6) is 0 Å². The van der Waals surface area contributed by atoms with E-state index in [-0.39, 0.29) is 0 Å². The van der Waals surface area contributed by atoms with E-state index in [2.05, 4.69) is 51.8 Å². The van der Waals surface area contributed by atoms with Gasteiger partial charge < -0.3 is 0 Å². The predicted octanol–water partition coefficient (Wildman–Crippen LogP) is 4.88. The highest BCUT2D eigenvalue weighted by atomic mass is 14.7. The van der Waals surface area contributed by atoms with Crippen molar-refractivity contribution in [3.05, 3.63) is 12.2 Å². The fourth-order valence-corrected chi connectivity index (χ4v) is 3.30. The monoisotopic (exact) mass is 235 g/mol. The Morgan fingerprint density at radius 2 is 1.82 bits per heavy atom. The maximum Gasteiger partial charge on any atom is 0.0566 e. The van der Waals surface area contributed by atoms with Gasteiger partial charge >= 0.3 is 0 Å². The van der Waals surface area contributed by atoms with Gasteiger partial charge in [-0.2, -0.15) is 0 Å². The van der Waals surface area contributed by atoms with Crippen molar-refractivity contribution in [1.29, 1.82) is 0 Å². The molecule has 17 heavy (non-hydrogen) atoms. The molecular weight excluding hydrogens is 206 g/mol. The van der Waals surface area contributed by atoms with E-state index in [0.29, 0.717) is 10.8 Å². The van der Waals surface area contributed by atoms with Crippen molar-refractivity contribution in [2.45, 2.75) is 60.3 Å². The fraction of sp³-hybridized carbons (Fsp3) is 0.812. The third kappa shape index (κ3) is 2.81. The zero-order chi connectivity index (χ0) is 12.9. The van der Waals surface area contributed by atoms with Crippen LogP contribution in [-0.2, 0) is 0 Å². The number of rotatable bonds is 7. The van der Waals surface area contributed by atoms with E-state index in [1.54, 1.807) is 0 Å². The second-order valence-electron chi connectivity index (χ2n) is 5.88. The summed E-state index contributed by atoms with van der Waals surface area (Å²) in [6.07, 6.45) is 11.4. The van der Waals surface area contributed by atoms with Gasteiger partial charge in [0.2, 0.25) is 0 Å². The third-order valence-electron chi connectivity index (χ3n) is 5.39. The Morgan fingerprint density at radius 1 is 1.12 bits per heavy atom. The van der Waals surface area contributed by atoms with Gasteiger partial charge in [-0.05, 0) is 48.6 Å². The van der Waals surface area contributed by atoms with Gasteiger partial charge in [0.1, 0.15) is 0 Å². The van der Waals surface area contributed by atoms with Gasteiger partial charge in [0.25, 0.3) is 0 Å². The molecule has 0 radical (unpaired) electrons. The van der Waals surface area contributed by atoms with Crippen molar-refractivity contribution >= 4 is 6.21 Å². The molecule has 0 amide bonds. The van der Waals surface area contributed by atoms with Crippen LogP contribution in [0, 0.1) is 16.7 Å². The number of aliphatic imine (C=N–C) groups is 1. The zero-order valence-corrected chi connectivity index (χ0v) is 12.3. The van der Waals surface area contributed by atoms with Crippen LogP contribution in [0.3, 0.4) is 0 Å². The summed E-state index contributed by atoms with van der Waals surface area (Å²) in [7, 11) is 0. The van der Waals surface area contributed by atoms with Crippen LogP contribution in [0.25, 0.3) is 0 Å². The van der Waals surface area contributed by atoms with E-state index in [4.69, 9.17) is 0 Å². The number of hydrogen-bond donors (Lipinski definition) is 0. The summed E-state index contributed by atoms with van der Waals surface area (Å²) in [4.78, 5) is 4.29.